The minimum absolute atomic E-state index is 0.174. The number of aliphatic hydroxyl groups is 1. The van der Waals surface area contributed by atoms with Crippen LogP contribution in [0.2, 0.25) is 0 Å². The van der Waals surface area contributed by atoms with Gasteiger partial charge in [-0.2, -0.15) is 0 Å². The third-order valence-corrected chi connectivity index (χ3v) is 3.86. The summed E-state index contributed by atoms with van der Waals surface area (Å²) >= 11 is 0. The fourth-order valence-corrected chi connectivity index (χ4v) is 2.73. The minimum Gasteiger partial charge on any atom is -0.393 e. The largest absolute Gasteiger partial charge is 0.393 e. The highest BCUT2D eigenvalue weighted by Crippen LogP contribution is 2.22. The Labute approximate surface area is 97.0 Å². The van der Waals surface area contributed by atoms with Crippen molar-refractivity contribution < 1.29 is 9.90 Å². The van der Waals surface area contributed by atoms with E-state index in [4.69, 9.17) is 0 Å². The van der Waals surface area contributed by atoms with Crippen LogP contribution in [-0.2, 0) is 4.79 Å². The second-order valence-electron chi connectivity index (χ2n) is 5.12. The number of rotatable bonds is 2. The Hall–Kier alpha value is -0.610. The van der Waals surface area contributed by atoms with E-state index in [0.29, 0.717) is 0 Å². The third-order valence-electron chi connectivity index (χ3n) is 3.86. The number of amides is 1. The van der Waals surface area contributed by atoms with E-state index >= 15 is 0 Å². The second-order valence-corrected chi connectivity index (χ2v) is 5.12. The summed E-state index contributed by atoms with van der Waals surface area (Å²) in [5.74, 6) is 0.732. The van der Waals surface area contributed by atoms with Gasteiger partial charge in [0.2, 0.25) is 5.91 Å². The van der Waals surface area contributed by atoms with Crippen LogP contribution in [0.25, 0.3) is 0 Å². The molecule has 92 valence electrons. The van der Waals surface area contributed by atoms with Gasteiger partial charge in [-0.05, 0) is 32.7 Å². The minimum atomic E-state index is -0.294. The lowest BCUT2D eigenvalue weighted by Gasteiger charge is -2.35. The average Bonchev–Trinajstić information content (AvgIpc) is 2.81. The Kier molecular flexibility index (Phi) is 3.82. The molecule has 0 bridgehead atoms. The van der Waals surface area contributed by atoms with Crippen LogP contribution in [0.4, 0.5) is 0 Å². The molecule has 16 heavy (non-hydrogen) atoms. The normalized spacial score (nSPS) is 32.8. The summed E-state index contributed by atoms with van der Waals surface area (Å²) in [7, 11) is 0. The maximum absolute atomic E-state index is 12.2. The van der Waals surface area contributed by atoms with E-state index in [-0.39, 0.29) is 23.8 Å². The first-order chi connectivity index (χ1) is 7.68. The molecule has 0 saturated carbocycles. The lowest BCUT2D eigenvalue weighted by molar-refractivity contribution is -0.137. The molecule has 0 spiro atoms. The number of aliphatic hydroxyl groups excluding tert-OH is 1. The van der Waals surface area contributed by atoms with Crippen LogP contribution in [0.3, 0.4) is 0 Å². The van der Waals surface area contributed by atoms with E-state index < -0.39 is 0 Å². The van der Waals surface area contributed by atoms with Crippen molar-refractivity contribution in [3.8, 4) is 0 Å². The number of nitrogens with zero attached hydrogens (tertiary/aromatic N) is 1. The van der Waals surface area contributed by atoms with Gasteiger partial charge in [0.25, 0.3) is 0 Å². The molecule has 0 unspecified atom stereocenters. The quantitative estimate of drug-likeness (QED) is 0.708. The Morgan fingerprint density at radius 1 is 1.50 bits per heavy atom. The Morgan fingerprint density at radius 3 is 2.94 bits per heavy atom. The first-order valence-electron chi connectivity index (χ1n) is 6.36. The molecule has 2 saturated heterocycles. The van der Waals surface area contributed by atoms with Gasteiger partial charge in [0.15, 0.2) is 0 Å². The molecular formula is C12H22N2O2. The van der Waals surface area contributed by atoms with Crippen molar-refractivity contribution >= 4 is 5.91 Å². The van der Waals surface area contributed by atoms with E-state index in [9.17, 15) is 9.90 Å². The predicted molar refractivity (Wildman–Crippen MR) is 62.0 cm³/mol. The first-order valence-corrected chi connectivity index (χ1v) is 6.36. The number of carbonyl (C=O) groups excluding carboxylic acids is 1. The topological polar surface area (TPSA) is 52.6 Å². The molecule has 0 aromatic rings. The van der Waals surface area contributed by atoms with E-state index in [2.05, 4.69) is 5.32 Å². The molecule has 0 aromatic heterocycles. The molecule has 2 rings (SSSR count). The summed E-state index contributed by atoms with van der Waals surface area (Å²) in [4.78, 5) is 14.1. The summed E-state index contributed by atoms with van der Waals surface area (Å²) in [6.07, 6.45) is 2.75. The van der Waals surface area contributed by atoms with Crippen LogP contribution < -0.4 is 5.32 Å². The van der Waals surface area contributed by atoms with Crippen molar-refractivity contribution in [2.45, 2.75) is 32.3 Å². The summed E-state index contributed by atoms with van der Waals surface area (Å²) in [6, 6.07) is 0. The monoisotopic (exact) mass is 226 g/mol. The van der Waals surface area contributed by atoms with E-state index in [1.165, 1.54) is 0 Å². The predicted octanol–water partition coefficient (Wildman–Crippen LogP) is 0.215. The zero-order valence-electron chi connectivity index (χ0n) is 9.98. The Morgan fingerprint density at radius 2 is 2.31 bits per heavy atom. The smallest absolute Gasteiger partial charge is 0.227 e. The number of hydrogen-bond acceptors (Lipinski definition) is 3. The highest BCUT2D eigenvalue weighted by molar-refractivity contribution is 5.79. The molecule has 0 aliphatic carbocycles. The molecule has 2 heterocycles. The highest BCUT2D eigenvalue weighted by atomic mass is 16.3. The number of hydrogen-bond donors (Lipinski definition) is 2. The SMILES string of the molecule is C[C@H](O)[C@H]1CCCN(C(=O)[C@@H]2CCNC2)C1. The van der Waals surface area contributed by atoms with E-state index in [1.807, 2.05) is 11.8 Å². The Balaban J connectivity index is 1.90. The molecular weight excluding hydrogens is 204 g/mol. The second kappa shape index (κ2) is 5.15. The van der Waals surface area contributed by atoms with Crippen molar-refractivity contribution in [1.29, 1.82) is 0 Å². The molecule has 0 aromatic carbocycles. The molecule has 0 radical (unpaired) electrons. The highest BCUT2D eigenvalue weighted by Gasteiger charge is 2.31. The van der Waals surface area contributed by atoms with Crippen LogP contribution in [0.5, 0.6) is 0 Å². The van der Waals surface area contributed by atoms with Gasteiger partial charge in [-0.1, -0.05) is 0 Å². The molecule has 4 nitrogen and oxygen atoms in total. The van der Waals surface area contributed by atoms with Gasteiger partial charge in [0.05, 0.1) is 12.0 Å². The molecule has 3 atom stereocenters. The molecule has 1 amide bonds. The van der Waals surface area contributed by atoms with Crippen molar-refractivity contribution in [2.24, 2.45) is 11.8 Å². The lowest BCUT2D eigenvalue weighted by atomic mass is 9.92. The zero-order chi connectivity index (χ0) is 11.5. The number of nitrogens with one attached hydrogen (secondary N) is 1. The average molecular weight is 226 g/mol. The van der Waals surface area contributed by atoms with E-state index in [1.54, 1.807) is 0 Å². The molecule has 2 N–H and O–H groups in total. The molecule has 4 heteroatoms. The van der Waals surface area contributed by atoms with Crippen LogP contribution in [0.1, 0.15) is 26.2 Å². The van der Waals surface area contributed by atoms with Crippen molar-refractivity contribution in [2.75, 3.05) is 26.2 Å². The molecule has 2 aliphatic heterocycles. The first kappa shape index (κ1) is 11.9. The van der Waals surface area contributed by atoms with Gasteiger partial charge >= 0.3 is 0 Å². The molecule has 2 fully saturated rings. The fraction of sp³-hybridized carbons (Fsp3) is 0.917. The summed E-state index contributed by atoms with van der Waals surface area (Å²) in [5, 5.41) is 12.8. The maximum Gasteiger partial charge on any atom is 0.227 e. The van der Waals surface area contributed by atoms with E-state index in [0.717, 1.165) is 45.4 Å². The standard InChI is InChI=1S/C12H22N2O2/c1-9(15)11-3-2-6-14(8-11)12(16)10-4-5-13-7-10/h9-11,13,15H,2-8H2,1H3/t9-,10+,11-/m0/s1. The van der Waals surface area contributed by atoms with Gasteiger partial charge in [-0.3, -0.25) is 4.79 Å². The van der Waals surface area contributed by atoms with Crippen molar-refractivity contribution in [3.63, 3.8) is 0 Å². The van der Waals surface area contributed by atoms with Crippen molar-refractivity contribution in [1.82, 2.24) is 10.2 Å². The zero-order valence-corrected chi connectivity index (χ0v) is 9.98. The van der Waals surface area contributed by atoms with Gasteiger partial charge in [-0.15, -0.1) is 0 Å². The molecule has 2 aliphatic rings. The summed E-state index contributed by atoms with van der Waals surface area (Å²) < 4.78 is 0. The third kappa shape index (κ3) is 2.55. The van der Waals surface area contributed by atoms with Crippen LogP contribution in [-0.4, -0.2) is 48.2 Å². The van der Waals surface area contributed by atoms with Crippen molar-refractivity contribution in [3.05, 3.63) is 0 Å². The van der Waals surface area contributed by atoms with Gasteiger partial charge < -0.3 is 15.3 Å². The number of carbonyl (C=O) groups is 1. The Bertz CT molecular complexity index is 249. The van der Waals surface area contributed by atoms with Gasteiger partial charge in [-0.25, -0.2) is 0 Å². The maximum atomic E-state index is 12.2. The van der Waals surface area contributed by atoms with Crippen LogP contribution in [0.15, 0.2) is 0 Å². The fourth-order valence-electron chi connectivity index (χ4n) is 2.73. The van der Waals surface area contributed by atoms with Gasteiger partial charge in [0.1, 0.15) is 0 Å². The number of likely N-dealkylation sites (tertiary alicyclic amines) is 1. The summed E-state index contributed by atoms with van der Waals surface area (Å²) in [6.45, 7) is 5.24. The summed E-state index contributed by atoms with van der Waals surface area (Å²) in [5.41, 5.74) is 0. The lowest BCUT2D eigenvalue weighted by Crippen LogP contribution is -2.45. The number of piperidine rings is 1. The van der Waals surface area contributed by atoms with Crippen LogP contribution >= 0.6 is 0 Å². The van der Waals surface area contributed by atoms with Gasteiger partial charge in [0, 0.05) is 25.6 Å². The van der Waals surface area contributed by atoms with Crippen LogP contribution in [0, 0.1) is 11.8 Å².